The van der Waals surface area contributed by atoms with Crippen molar-refractivity contribution in [2.45, 2.75) is 31.2 Å². The number of rotatable bonds is 4. The van der Waals surface area contributed by atoms with E-state index >= 15 is 0 Å². The number of alkyl halides is 1. The van der Waals surface area contributed by atoms with Gasteiger partial charge in [0.2, 0.25) is 10.0 Å². The Bertz CT molecular complexity index is 451. The van der Waals surface area contributed by atoms with Gasteiger partial charge in [0, 0.05) is 10.9 Å². The van der Waals surface area contributed by atoms with Gasteiger partial charge in [-0.3, -0.25) is 0 Å². The Hall–Kier alpha value is -0.390. The molecule has 0 aromatic heterocycles. The van der Waals surface area contributed by atoms with Gasteiger partial charge in [-0.15, -0.1) is 0 Å². The van der Waals surface area contributed by atoms with Crippen molar-refractivity contribution in [1.82, 2.24) is 4.72 Å². The molecule has 0 aliphatic carbocycles. The van der Waals surface area contributed by atoms with Crippen LogP contribution in [0.4, 0.5) is 0 Å². The molecule has 3 nitrogen and oxygen atoms in total. The van der Waals surface area contributed by atoms with E-state index in [0.717, 1.165) is 5.56 Å². The minimum absolute atomic E-state index is 0.298. The van der Waals surface area contributed by atoms with E-state index in [1.165, 1.54) is 0 Å². The molecule has 16 heavy (non-hydrogen) atoms. The van der Waals surface area contributed by atoms with E-state index in [-0.39, 0.29) is 0 Å². The minimum atomic E-state index is -3.43. The summed E-state index contributed by atoms with van der Waals surface area (Å²) in [5.74, 6) is 0. The predicted octanol–water partition coefficient (Wildman–Crippen LogP) is 2.45. The summed E-state index contributed by atoms with van der Waals surface area (Å²) in [6, 6.07) is 6.80. The number of benzene rings is 1. The zero-order chi connectivity index (χ0) is 12.4. The van der Waals surface area contributed by atoms with Gasteiger partial charge in [-0.25, -0.2) is 13.1 Å². The fourth-order valence-corrected chi connectivity index (χ4v) is 2.91. The number of hydrogen-bond acceptors (Lipinski definition) is 2. The van der Waals surface area contributed by atoms with Gasteiger partial charge in [0.05, 0.1) is 4.90 Å². The van der Waals surface area contributed by atoms with Crippen LogP contribution in [0, 0.1) is 6.92 Å². The molecule has 90 valence electrons. The van der Waals surface area contributed by atoms with Crippen molar-refractivity contribution in [3.8, 4) is 0 Å². The van der Waals surface area contributed by atoms with Crippen LogP contribution in [0.3, 0.4) is 0 Å². The summed E-state index contributed by atoms with van der Waals surface area (Å²) in [5.41, 5.74) is 0.544. The van der Waals surface area contributed by atoms with E-state index in [1.807, 2.05) is 20.8 Å². The standard InChI is InChI=1S/C11H16BrNO2S/c1-9-4-6-10(7-5-9)16(14,15)13-11(2,3)8-12/h4-7,13H,8H2,1-3H3. The summed E-state index contributed by atoms with van der Waals surface area (Å²) in [4.78, 5) is 0.298. The molecule has 1 aromatic rings. The summed E-state index contributed by atoms with van der Waals surface area (Å²) in [6.45, 7) is 5.58. The van der Waals surface area contributed by atoms with Gasteiger partial charge in [-0.1, -0.05) is 33.6 Å². The zero-order valence-corrected chi connectivity index (χ0v) is 12.0. The Morgan fingerprint density at radius 2 is 1.75 bits per heavy atom. The van der Waals surface area contributed by atoms with E-state index < -0.39 is 15.6 Å². The second-order valence-electron chi connectivity index (χ2n) is 4.44. The first kappa shape index (κ1) is 13.7. The van der Waals surface area contributed by atoms with Crippen LogP contribution in [0.15, 0.2) is 29.2 Å². The molecule has 0 fully saturated rings. The summed E-state index contributed by atoms with van der Waals surface area (Å²) in [6.07, 6.45) is 0. The third-order valence-electron chi connectivity index (χ3n) is 2.08. The minimum Gasteiger partial charge on any atom is -0.207 e. The third kappa shape index (κ3) is 3.57. The highest BCUT2D eigenvalue weighted by molar-refractivity contribution is 9.09. The van der Waals surface area contributed by atoms with E-state index in [1.54, 1.807) is 24.3 Å². The second-order valence-corrected chi connectivity index (χ2v) is 6.68. The van der Waals surface area contributed by atoms with Crippen LogP contribution >= 0.6 is 15.9 Å². The fourth-order valence-electron chi connectivity index (χ4n) is 1.17. The highest BCUT2D eigenvalue weighted by atomic mass is 79.9. The maximum Gasteiger partial charge on any atom is 0.241 e. The molecule has 0 heterocycles. The lowest BCUT2D eigenvalue weighted by atomic mass is 10.1. The normalized spacial score (nSPS) is 12.8. The quantitative estimate of drug-likeness (QED) is 0.869. The van der Waals surface area contributed by atoms with E-state index in [4.69, 9.17) is 0 Å². The molecule has 0 unspecified atom stereocenters. The smallest absolute Gasteiger partial charge is 0.207 e. The maximum atomic E-state index is 12.0. The SMILES string of the molecule is Cc1ccc(S(=O)(=O)NC(C)(C)CBr)cc1. The lowest BCUT2D eigenvalue weighted by Gasteiger charge is -2.23. The molecule has 0 aliphatic heterocycles. The molecule has 0 atom stereocenters. The highest BCUT2D eigenvalue weighted by Gasteiger charge is 2.24. The number of nitrogens with one attached hydrogen (secondary N) is 1. The topological polar surface area (TPSA) is 46.2 Å². The predicted molar refractivity (Wildman–Crippen MR) is 69.4 cm³/mol. The van der Waals surface area contributed by atoms with Crippen LogP contribution in [0.5, 0.6) is 0 Å². The molecular weight excluding hydrogens is 290 g/mol. The molecule has 0 aliphatic rings. The van der Waals surface area contributed by atoms with Gasteiger partial charge in [0.25, 0.3) is 0 Å². The fraction of sp³-hybridized carbons (Fsp3) is 0.455. The number of sulfonamides is 1. The van der Waals surface area contributed by atoms with Crippen LogP contribution in [0.1, 0.15) is 19.4 Å². The molecule has 1 rings (SSSR count). The lowest BCUT2D eigenvalue weighted by Crippen LogP contribution is -2.44. The van der Waals surface area contributed by atoms with Gasteiger partial charge in [0.1, 0.15) is 0 Å². The molecule has 0 radical (unpaired) electrons. The Morgan fingerprint density at radius 3 is 2.19 bits per heavy atom. The van der Waals surface area contributed by atoms with Gasteiger partial charge < -0.3 is 0 Å². The Kier molecular flexibility index (Phi) is 4.15. The third-order valence-corrected chi connectivity index (χ3v) is 5.19. The molecule has 1 N–H and O–H groups in total. The van der Waals surface area contributed by atoms with Crippen molar-refractivity contribution in [1.29, 1.82) is 0 Å². The average molecular weight is 306 g/mol. The van der Waals surface area contributed by atoms with Crippen molar-refractivity contribution in [3.05, 3.63) is 29.8 Å². The molecule has 0 amide bonds. The zero-order valence-electron chi connectivity index (χ0n) is 9.62. The summed E-state index contributed by atoms with van der Waals surface area (Å²) >= 11 is 3.28. The van der Waals surface area contributed by atoms with E-state index in [0.29, 0.717) is 10.2 Å². The average Bonchev–Trinajstić information content (AvgIpc) is 2.17. The summed E-state index contributed by atoms with van der Waals surface area (Å²) in [7, 11) is -3.43. The van der Waals surface area contributed by atoms with Gasteiger partial charge >= 0.3 is 0 Å². The van der Waals surface area contributed by atoms with Crippen LogP contribution in [-0.2, 0) is 10.0 Å². The van der Waals surface area contributed by atoms with Crippen LogP contribution in [0.2, 0.25) is 0 Å². The number of aryl methyl sites for hydroxylation is 1. The van der Waals surface area contributed by atoms with Crippen LogP contribution < -0.4 is 4.72 Å². The summed E-state index contributed by atoms with van der Waals surface area (Å²) < 4.78 is 26.6. The van der Waals surface area contributed by atoms with Crippen molar-refractivity contribution in [2.24, 2.45) is 0 Å². The Labute approximate surface area is 105 Å². The summed E-state index contributed by atoms with van der Waals surface area (Å²) in [5, 5.41) is 0.561. The lowest BCUT2D eigenvalue weighted by molar-refractivity contribution is 0.500. The molecule has 0 saturated heterocycles. The molecule has 0 saturated carbocycles. The first-order valence-corrected chi connectivity index (χ1v) is 7.54. The van der Waals surface area contributed by atoms with Crippen molar-refractivity contribution >= 4 is 26.0 Å². The molecule has 0 spiro atoms. The second kappa shape index (κ2) is 4.85. The molecule has 5 heteroatoms. The number of hydrogen-bond donors (Lipinski definition) is 1. The number of halogens is 1. The van der Waals surface area contributed by atoms with Gasteiger partial charge in [-0.2, -0.15) is 0 Å². The first-order chi connectivity index (χ1) is 7.27. The molecular formula is C11H16BrNO2S. The van der Waals surface area contributed by atoms with Crippen LogP contribution in [0.25, 0.3) is 0 Å². The Balaban J connectivity index is 2.99. The van der Waals surface area contributed by atoms with Gasteiger partial charge in [0.15, 0.2) is 0 Å². The monoisotopic (exact) mass is 305 g/mol. The van der Waals surface area contributed by atoms with Crippen molar-refractivity contribution in [3.63, 3.8) is 0 Å². The van der Waals surface area contributed by atoms with Gasteiger partial charge in [-0.05, 0) is 32.9 Å². The Morgan fingerprint density at radius 1 is 1.25 bits per heavy atom. The van der Waals surface area contributed by atoms with Crippen molar-refractivity contribution < 1.29 is 8.42 Å². The highest BCUT2D eigenvalue weighted by Crippen LogP contribution is 2.15. The maximum absolute atomic E-state index is 12.0. The largest absolute Gasteiger partial charge is 0.241 e. The van der Waals surface area contributed by atoms with E-state index in [2.05, 4.69) is 20.7 Å². The van der Waals surface area contributed by atoms with E-state index in [9.17, 15) is 8.42 Å². The first-order valence-electron chi connectivity index (χ1n) is 4.93. The van der Waals surface area contributed by atoms with Crippen molar-refractivity contribution in [2.75, 3.05) is 5.33 Å². The molecule has 1 aromatic carbocycles. The van der Waals surface area contributed by atoms with Crippen LogP contribution in [-0.4, -0.2) is 19.3 Å². The molecule has 0 bridgehead atoms.